The van der Waals surface area contributed by atoms with E-state index in [9.17, 15) is 14.4 Å². The van der Waals surface area contributed by atoms with Crippen LogP contribution in [0.5, 0.6) is 0 Å². The highest BCUT2D eigenvalue weighted by Crippen LogP contribution is 2.19. The molecule has 2 amide bonds. The molecule has 3 rings (SSSR count). The Hall–Kier alpha value is -2.89. The first-order valence-electron chi connectivity index (χ1n) is 8.35. The van der Waals surface area contributed by atoms with Gasteiger partial charge in [0, 0.05) is 31.8 Å². The van der Waals surface area contributed by atoms with Gasteiger partial charge in [-0.25, -0.2) is 0 Å². The minimum absolute atomic E-state index is 0.176. The number of hydrogen-bond donors (Lipinski definition) is 2. The average molecular weight is 339 g/mol. The van der Waals surface area contributed by atoms with Crippen molar-refractivity contribution in [2.24, 2.45) is 7.05 Å². The number of nitrogens with one attached hydrogen (secondary N) is 2. The van der Waals surface area contributed by atoms with E-state index in [1.165, 1.54) is 22.9 Å². The van der Waals surface area contributed by atoms with Crippen molar-refractivity contribution in [2.75, 3.05) is 0 Å². The fraction of sp³-hybridized carbons (Fsp3) is 0.316. The van der Waals surface area contributed by atoms with Crippen molar-refractivity contribution in [3.8, 4) is 0 Å². The van der Waals surface area contributed by atoms with Crippen LogP contribution in [0.4, 0.5) is 0 Å². The topological polar surface area (TPSA) is 80.2 Å². The highest BCUT2D eigenvalue weighted by Gasteiger charge is 2.28. The fourth-order valence-corrected chi connectivity index (χ4v) is 2.56. The predicted molar refractivity (Wildman–Crippen MR) is 94.2 cm³/mol. The summed E-state index contributed by atoms with van der Waals surface area (Å²) in [5, 5.41) is 5.74. The molecule has 6 nitrogen and oxygen atoms in total. The van der Waals surface area contributed by atoms with Crippen molar-refractivity contribution < 1.29 is 9.59 Å². The van der Waals surface area contributed by atoms with E-state index in [0.29, 0.717) is 12.0 Å². The number of pyridine rings is 1. The van der Waals surface area contributed by atoms with Crippen molar-refractivity contribution in [3.63, 3.8) is 0 Å². The Morgan fingerprint density at radius 3 is 2.52 bits per heavy atom. The van der Waals surface area contributed by atoms with Crippen LogP contribution in [0.2, 0.25) is 0 Å². The third-order valence-electron chi connectivity index (χ3n) is 4.18. The summed E-state index contributed by atoms with van der Waals surface area (Å²) in [4.78, 5) is 36.5. The van der Waals surface area contributed by atoms with E-state index in [1.54, 1.807) is 7.05 Å². The van der Waals surface area contributed by atoms with E-state index in [4.69, 9.17) is 0 Å². The van der Waals surface area contributed by atoms with Crippen LogP contribution < -0.4 is 16.2 Å². The van der Waals surface area contributed by atoms with E-state index >= 15 is 0 Å². The van der Waals surface area contributed by atoms with Crippen LogP contribution in [0.25, 0.3) is 0 Å². The Balaban J connectivity index is 1.75. The molecule has 0 radical (unpaired) electrons. The summed E-state index contributed by atoms with van der Waals surface area (Å²) in [7, 11) is 1.58. The van der Waals surface area contributed by atoms with Gasteiger partial charge in [-0.05, 0) is 24.5 Å². The Kier molecular flexibility index (Phi) is 4.97. The molecule has 1 saturated carbocycles. The zero-order valence-electron chi connectivity index (χ0n) is 14.1. The fourth-order valence-electron chi connectivity index (χ4n) is 2.56. The van der Waals surface area contributed by atoms with Crippen molar-refractivity contribution in [1.29, 1.82) is 0 Å². The number of nitrogens with zero attached hydrogens (tertiary/aromatic N) is 1. The van der Waals surface area contributed by atoms with Gasteiger partial charge in [-0.2, -0.15) is 0 Å². The van der Waals surface area contributed by atoms with Crippen molar-refractivity contribution >= 4 is 11.8 Å². The van der Waals surface area contributed by atoms with Gasteiger partial charge in [-0.3, -0.25) is 14.4 Å². The summed E-state index contributed by atoms with van der Waals surface area (Å²) in [5.41, 5.74) is 1.13. The lowest BCUT2D eigenvalue weighted by atomic mass is 10.0. The minimum atomic E-state index is -0.660. The lowest BCUT2D eigenvalue weighted by Gasteiger charge is -2.19. The minimum Gasteiger partial charge on any atom is -0.352 e. The summed E-state index contributed by atoms with van der Waals surface area (Å²) in [6.07, 6.45) is 3.85. The number of aromatic nitrogens is 1. The molecule has 0 saturated heterocycles. The van der Waals surface area contributed by atoms with Gasteiger partial charge in [0.05, 0.1) is 5.56 Å². The van der Waals surface area contributed by atoms with Crippen LogP contribution in [0.3, 0.4) is 0 Å². The molecule has 1 aliphatic carbocycles. The van der Waals surface area contributed by atoms with Gasteiger partial charge in [0.1, 0.15) is 6.04 Å². The number of amides is 2. The smallest absolute Gasteiger partial charge is 0.253 e. The maximum Gasteiger partial charge on any atom is 0.253 e. The van der Waals surface area contributed by atoms with Gasteiger partial charge in [-0.1, -0.05) is 30.3 Å². The van der Waals surface area contributed by atoms with E-state index in [-0.39, 0.29) is 23.4 Å². The second-order valence-corrected chi connectivity index (χ2v) is 6.37. The van der Waals surface area contributed by atoms with Crippen LogP contribution in [0, 0.1) is 0 Å². The van der Waals surface area contributed by atoms with Gasteiger partial charge >= 0.3 is 0 Å². The van der Waals surface area contributed by atoms with Crippen molar-refractivity contribution in [1.82, 2.24) is 15.2 Å². The first-order valence-corrected chi connectivity index (χ1v) is 8.35. The molecule has 130 valence electrons. The normalized spacial score (nSPS) is 14.6. The lowest BCUT2D eigenvalue weighted by Crippen LogP contribution is -2.48. The van der Waals surface area contributed by atoms with Crippen LogP contribution in [0.15, 0.2) is 53.5 Å². The highest BCUT2D eigenvalue weighted by molar-refractivity contribution is 5.97. The van der Waals surface area contributed by atoms with Crippen LogP contribution in [-0.4, -0.2) is 28.5 Å². The maximum atomic E-state index is 12.5. The molecule has 1 heterocycles. The Morgan fingerprint density at radius 1 is 1.16 bits per heavy atom. The van der Waals surface area contributed by atoms with Gasteiger partial charge in [0.2, 0.25) is 11.5 Å². The van der Waals surface area contributed by atoms with Gasteiger partial charge < -0.3 is 15.2 Å². The number of rotatable bonds is 6. The number of carbonyl (C=O) groups is 2. The largest absolute Gasteiger partial charge is 0.352 e. The Labute approximate surface area is 145 Å². The molecule has 2 N–H and O–H groups in total. The number of hydrogen-bond acceptors (Lipinski definition) is 3. The van der Waals surface area contributed by atoms with Crippen LogP contribution >= 0.6 is 0 Å². The summed E-state index contributed by atoms with van der Waals surface area (Å²) in [6, 6.07) is 11.9. The molecular formula is C19H21N3O3. The number of benzene rings is 1. The summed E-state index contributed by atoms with van der Waals surface area (Å²) >= 11 is 0. The number of carbonyl (C=O) groups excluding carboxylic acids is 2. The lowest BCUT2D eigenvalue weighted by molar-refractivity contribution is -0.123. The first-order chi connectivity index (χ1) is 12.0. The molecule has 1 aliphatic rings. The highest BCUT2D eigenvalue weighted by atomic mass is 16.2. The summed E-state index contributed by atoms with van der Waals surface area (Å²) in [5.74, 6) is -0.549. The van der Waals surface area contributed by atoms with E-state index < -0.39 is 6.04 Å². The molecule has 2 aromatic rings. The Bertz CT molecular complexity index is 825. The molecule has 1 atom stereocenters. The van der Waals surface area contributed by atoms with Gasteiger partial charge in [-0.15, -0.1) is 0 Å². The first kappa shape index (κ1) is 17.0. The second kappa shape index (κ2) is 7.34. The summed E-state index contributed by atoms with van der Waals surface area (Å²) < 4.78 is 1.34. The number of aryl methyl sites for hydroxylation is 1. The molecule has 1 fully saturated rings. The zero-order chi connectivity index (χ0) is 17.8. The van der Waals surface area contributed by atoms with E-state index in [0.717, 1.165) is 18.4 Å². The third-order valence-corrected chi connectivity index (χ3v) is 4.18. The molecule has 25 heavy (non-hydrogen) atoms. The van der Waals surface area contributed by atoms with Crippen LogP contribution in [0.1, 0.15) is 28.8 Å². The molecule has 0 aliphatic heterocycles. The quantitative estimate of drug-likeness (QED) is 0.824. The molecule has 6 heteroatoms. The van der Waals surface area contributed by atoms with Gasteiger partial charge in [0.25, 0.3) is 5.91 Å². The summed E-state index contributed by atoms with van der Waals surface area (Å²) in [6.45, 7) is 0. The second-order valence-electron chi connectivity index (χ2n) is 6.37. The predicted octanol–water partition coefficient (Wildman–Crippen LogP) is 1.00. The Morgan fingerprint density at radius 2 is 1.88 bits per heavy atom. The molecule has 0 spiro atoms. The van der Waals surface area contributed by atoms with Crippen LogP contribution in [-0.2, 0) is 18.3 Å². The maximum absolute atomic E-state index is 12.5. The standard InChI is InChI=1S/C19H21N3O3/c1-22-12-14(7-10-17(22)23)18(24)21-16(19(25)20-15-8-9-15)11-13-5-3-2-4-6-13/h2-7,10,12,15-16H,8-9,11H2,1H3,(H,20,25)(H,21,24). The van der Waals surface area contributed by atoms with Gasteiger partial charge in [0.15, 0.2) is 0 Å². The molecule has 0 bridgehead atoms. The SMILES string of the molecule is Cn1cc(C(=O)NC(Cc2ccccc2)C(=O)NC2CC2)ccc1=O. The van der Waals surface area contributed by atoms with Crippen molar-refractivity contribution in [2.45, 2.75) is 31.3 Å². The monoisotopic (exact) mass is 339 g/mol. The van der Waals surface area contributed by atoms with Crippen molar-refractivity contribution in [3.05, 3.63) is 70.1 Å². The molecule has 1 aromatic heterocycles. The molecular weight excluding hydrogens is 318 g/mol. The molecule has 1 unspecified atom stereocenters. The molecule has 1 aromatic carbocycles. The third kappa shape index (κ3) is 4.56. The van der Waals surface area contributed by atoms with E-state index in [2.05, 4.69) is 10.6 Å². The zero-order valence-corrected chi connectivity index (χ0v) is 14.1. The van der Waals surface area contributed by atoms with E-state index in [1.807, 2.05) is 30.3 Å². The average Bonchev–Trinajstić information content (AvgIpc) is 3.41.